The fraction of sp³-hybridized carbons (Fsp3) is 0.462. The quantitative estimate of drug-likeness (QED) is 0.797. The van der Waals surface area contributed by atoms with Crippen LogP contribution in [0.2, 0.25) is 0 Å². The Morgan fingerprint density at radius 2 is 2.32 bits per heavy atom. The second kappa shape index (κ2) is 8.24. The van der Waals surface area contributed by atoms with Gasteiger partial charge in [-0.3, -0.25) is 4.79 Å². The van der Waals surface area contributed by atoms with Crippen LogP contribution in [0.5, 0.6) is 0 Å². The van der Waals surface area contributed by atoms with Gasteiger partial charge in [-0.1, -0.05) is 15.9 Å². The maximum atomic E-state index is 13.4. The molecule has 19 heavy (non-hydrogen) atoms. The largest absolute Gasteiger partial charge is 0.391 e. The lowest BCUT2D eigenvalue weighted by Crippen LogP contribution is -2.29. The van der Waals surface area contributed by atoms with Crippen molar-refractivity contribution in [1.29, 1.82) is 0 Å². The first-order valence-corrected chi connectivity index (χ1v) is 6.70. The molecule has 1 aromatic rings. The zero-order valence-electron chi connectivity index (χ0n) is 10.7. The molecule has 0 aliphatic carbocycles. The Hall–Kier alpha value is -0.980. The highest BCUT2D eigenvalue weighted by Gasteiger charge is 2.09. The number of rotatable bonds is 7. The van der Waals surface area contributed by atoms with Gasteiger partial charge >= 0.3 is 0 Å². The Morgan fingerprint density at radius 1 is 1.58 bits per heavy atom. The summed E-state index contributed by atoms with van der Waals surface area (Å²) >= 11 is 3.23. The second-order valence-corrected chi connectivity index (χ2v) is 5.08. The molecule has 0 spiro atoms. The van der Waals surface area contributed by atoms with Crippen LogP contribution in [0, 0.1) is 5.82 Å². The molecule has 0 saturated heterocycles. The minimum Gasteiger partial charge on any atom is -0.391 e. The van der Waals surface area contributed by atoms with Gasteiger partial charge in [0.2, 0.25) is 5.91 Å². The molecule has 1 aromatic carbocycles. The van der Waals surface area contributed by atoms with Crippen LogP contribution in [0.3, 0.4) is 0 Å². The molecule has 0 heterocycles. The Kier molecular flexibility index (Phi) is 6.97. The molecule has 1 unspecified atom stereocenters. The lowest BCUT2D eigenvalue weighted by atomic mass is 10.1. The molecule has 0 aromatic heterocycles. The average Bonchev–Trinajstić information content (AvgIpc) is 2.34. The van der Waals surface area contributed by atoms with Gasteiger partial charge in [-0.25, -0.2) is 4.39 Å². The van der Waals surface area contributed by atoms with E-state index < -0.39 is 11.9 Å². The van der Waals surface area contributed by atoms with Crippen molar-refractivity contribution in [3.8, 4) is 0 Å². The molecule has 2 N–H and O–H groups in total. The summed E-state index contributed by atoms with van der Waals surface area (Å²) in [5.74, 6) is -0.681. The molecule has 1 rings (SSSR count). The predicted molar refractivity (Wildman–Crippen MR) is 73.3 cm³/mol. The molecular weight excluding hydrogens is 317 g/mol. The molecule has 4 nitrogen and oxygen atoms in total. The zero-order chi connectivity index (χ0) is 14.3. The number of hydrogen-bond acceptors (Lipinski definition) is 3. The minimum absolute atomic E-state index is 0.0222. The number of carbonyl (C=O) groups excluding carboxylic acids is 1. The highest BCUT2D eigenvalue weighted by molar-refractivity contribution is 9.10. The first kappa shape index (κ1) is 16.1. The Labute approximate surface area is 120 Å². The summed E-state index contributed by atoms with van der Waals surface area (Å²) in [5.41, 5.74) is 0.337. The van der Waals surface area contributed by atoms with Gasteiger partial charge in [0, 0.05) is 18.1 Å². The van der Waals surface area contributed by atoms with E-state index in [-0.39, 0.29) is 18.9 Å². The molecular formula is C13H17BrFNO3. The first-order chi connectivity index (χ1) is 9.02. The van der Waals surface area contributed by atoms with Crippen molar-refractivity contribution in [2.24, 2.45) is 0 Å². The van der Waals surface area contributed by atoms with Crippen LogP contribution < -0.4 is 5.32 Å². The minimum atomic E-state index is -0.604. The molecule has 6 heteroatoms. The van der Waals surface area contributed by atoms with Crippen LogP contribution in [0.15, 0.2) is 22.7 Å². The zero-order valence-corrected chi connectivity index (χ0v) is 12.2. The smallest absolute Gasteiger partial charge is 0.224 e. The molecule has 0 aliphatic rings. The van der Waals surface area contributed by atoms with E-state index in [1.54, 1.807) is 12.1 Å². The predicted octanol–water partition coefficient (Wildman–Crippen LogP) is 1.64. The number of nitrogens with one attached hydrogen (secondary N) is 1. The van der Waals surface area contributed by atoms with Gasteiger partial charge < -0.3 is 15.2 Å². The van der Waals surface area contributed by atoms with Crippen molar-refractivity contribution in [3.05, 3.63) is 34.1 Å². The van der Waals surface area contributed by atoms with Crippen LogP contribution >= 0.6 is 15.9 Å². The van der Waals surface area contributed by atoms with E-state index >= 15 is 0 Å². The number of hydrogen-bond donors (Lipinski definition) is 2. The molecule has 0 radical (unpaired) electrons. The standard InChI is InChI=1S/C13H17BrFNO3/c1-19-8-11(17)4-5-16-13(18)7-9-6-10(14)2-3-12(9)15/h2-3,6,11,17H,4-5,7-8H2,1H3,(H,16,18). The van der Waals surface area contributed by atoms with E-state index in [1.807, 2.05) is 0 Å². The normalized spacial score (nSPS) is 12.2. The van der Waals surface area contributed by atoms with Crippen LogP contribution in [0.25, 0.3) is 0 Å². The van der Waals surface area contributed by atoms with Crippen molar-refractivity contribution in [2.75, 3.05) is 20.3 Å². The Bertz CT molecular complexity index is 428. The molecule has 0 fully saturated rings. The van der Waals surface area contributed by atoms with E-state index in [4.69, 9.17) is 4.74 Å². The molecule has 1 atom stereocenters. The van der Waals surface area contributed by atoms with Crippen molar-refractivity contribution >= 4 is 21.8 Å². The molecule has 0 bridgehead atoms. The van der Waals surface area contributed by atoms with E-state index in [0.29, 0.717) is 18.5 Å². The first-order valence-electron chi connectivity index (χ1n) is 5.90. The summed E-state index contributed by atoms with van der Waals surface area (Å²) in [5, 5.41) is 12.0. The van der Waals surface area contributed by atoms with E-state index in [1.165, 1.54) is 13.2 Å². The van der Waals surface area contributed by atoms with Gasteiger partial charge in [0.25, 0.3) is 0 Å². The van der Waals surface area contributed by atoms with Crippen LogP contribution in [-0.2, 0) is 16.0 Å². The summed E-state index contributed by atoms with van der Waals surface area (Å²) in [6.45, 7) is 0.565. The van der Waals surface area contributed by atoms with E-state index in [0.717, 1.165) is 4.47 Å². The van der Waals surface area contributed by atoms with Gasteiger partial charge in [-0.15, -0.1) is 0 Å². The number of benzene rings is 1. The molecule has 0 aliphatic heterocycles. The topological polar surface area (TPSA) is 58.6 Å². The third kappa shape index (κ3) is 6.13. The number of halogens is 2. The number of aliphatic hydroxyl groups excluding tert-OH is 1. The lowest BCUT2D eigenvalue weighted by Gasteiger charge is -2.10. The SMILES string of the molecule is COCC(O)CCNC(=O)Cc1cc(Br)ccc1F. The molecule has 0 saturated carbocycles. The van der Waals surface area contributed by atoms with Gasteiger partial charge in [0.15, 0.2) is 0 Å². The number of carbonyl (C=O) groups is 1. The van der Waals surface area contributed by atoms with Gasteiger partial charge in [-0.2, -0.15) is 0 Å². The third-order valence-electron chi connectivity index (χ3n) is 2.52. The van der Waals surface area contributed by atoms with Crippen molar-refractivity contribution < 1.29 is 19.0 Å². The number of ether oxygens (including phenoxy) is 1. The monoisotopic (exact) mass is 333 g/mol. The highest BCUT2D eigenvalue weighted by Crippen LogP contribution is 2.15. The summed E-state index contributed by atoms with van der Waals surface area (Å²) < 4.78 is 18.9. The Balaban J connectivity index is 2.37. The highest BCUT2D eigenvalue weighted by atomic mass is 79.9. The summed E-state index contributed by atoms with van der Waals surface area (Å²) in [7, 11) is 1.50. The van der Waals surface area contributed by atoms with Crippen LogP contribution in [0.4, 0.5) is 4.39 Å². The van der Waals surface area contributed by atoms with Gasteiger partial charge in [0.05, 0.1) is 19.1 Å². The van der Waals surface area contributed by atoms with Crippen LogP contribution in [-0.4, -0.2) is 37.4 Å². The maximum absolute atomic E-state index is 13.4. The number of aliphatic hydroxyl groups is 1. The Morgan fingerprint density at radius 3 is 3.00 bits per heavy atom. The van der Waals surface area contributed by atoms with Gasteiger partial charge in [0.1, 0.15) is 5.82 Å². The maximum Gasteiger partial charge on any atom is 0.224 e. The summed E-state index contributed by atoms with van der Waals surface area (Å²) in [6.07, 6.45) is -0.223. The van der Waals surface area contributed by atoms with E-state index in [9.17, 15) is 14.3 Å². The number of amides is 1. The van der Waals surface area contributed by atoms with E-state index in [2.05, 4.69) is 21.2 Å². The molecule has 1 amide bonds. The molecule has 106 valence electrons. The van der Waals surface area contributed by atoms with Crippen molar-refractivity contribution in [3.63, 3.8) is 0 Å². The summed E-state index contributed by atoms with van der Waals surface area (Å²) in [4.78, 5) is 11.6. The third-order valence-corrected chi connectivity index (χ3v) is 3.01. The fourth-order valence-corrected chi connectivity index (χ4v) is 1.98. The van der Waals surface area contributed by atoms with Crippen molar-refractivity contribution in [1.82, 2.24) is 5.32 Å². The summed E-state index contributed by atoms with van der Waals surface area (Å²) in [6, 6.07) is 4.47. The second-order valence-electron chi connectivity index (χ2n) is 4.16. The lowest BCUT2D eigenvalue weighted by molar-refractivity contribution is -0.120. The van der Waals surface area contributed by atoms with Crippen molar-refractivity contribution in [2.45, 2.75) is 18.9 Å². The fourth-order valence-electron chi connectivity index (χ4n) is 1.57. The average molecular weight is 334 g/mol. The van der Waals surface area contributed by atoms with Crippen LogP contribution in [0.1, 0.15) is 12.0 Å². The number of methoxy groups -OCH3 is 1. The van der Waals surface area contributed by atoms with Gasteiger partial charge in [-0.05, 0) is 30.2 Å².